The molecule has 0 saturated heterocycles. The summed E-state index contributed by atoms with van der Waals surface area (Å²) < 4.78 is 5.17. The molecule has 0 radical (unpaired) electrons. The van der Waals surface area contributed by atoms with Gasteiger partial charge in [-0.05, 0) is 36.8 Å². The van der Waals surface area contributed by atoms with E-state index in [-0.39, 0.29) is 11.8 Å². The average Bonchev–Trinajstić information content (AvgIpc) is 2.55. The van der Waals surface area contributed by atoms with E-state index in [1.165, 1.54) is 0 Å². The quantitative estimate of drug-likeness (QED) is 0.760. The van der Waals surface area contributed by atoms with Gasteiger partial charge in [0.25, 0.3) is 0 Å². The van der Waals surface area contributed by atoms with Crippen LogP contribution in [0.4, 0.5) is 5.69 Å². The number of nitrogens with zero attached hydrogens (tertiary/aromatic N) is 1. The molecule has 0 fully saturated rings. The zero-order valence-corrected chi connectivity index (χ0v) is 12.6. The van der Waals surface area contributed by atoms with Crippen LogP contribution >= 0.6 is 0 Å². The van der Waals surface area contributed by atoms with E-state index in [1.54, 1.807) is 19.4 Å². The molecule has 2 N–H and O–H groups in total. The molecule has 3 aromatic rings. The fraction of sp³-hybridized carbons (Fsp3) is 0.167. The third-order valence-electron chi connectivity index (χ3n) is 3.71. The van der Waals surface area contributed by atoms with Crippen molar-refractivity contribution in [2.45, 2.75) is 13.0 Å². The van der Waals surface area contributed by atoms with Crippen molar-refractivity contribution in [2.75, 3.05) is 12.4 Å². The van der Waals surface area contributed by atoms with E-state index >= 15 is 0 Å². The normalized spacial score (nSPS) is 12.1. The Hall–Kier alpha value is -2.75. The molecule has 4 nitrogen and oxygen atoms in total. The molecule has 0 saturated carbocycles. The predicted octanol–water partition coefficient (Wildman–Crippen LogP) is 4.12. The lowest BCUT2D eigenvalue weighted by molar-refractivity contribution is 0.373. The van der Waals surface area contributed by atoms with Crippen LogP contribution in [0.2, 0.25) is 0 Å². The minimum atomic E-state index is 0.0575. The first-order valence-electron chi connectivity index (χ1n) is 7.16. The van der Waals surface area contributed by atoms with Crippen molar-refractivity contribution in [3.05, 3.63) is 60.3 Å². The van der Waals surface area contributed by atoms with Crippen molar-refractivity contribution >= 4 is 16.6 Å². The molecule has 22 heavy (non-hydrogen) atoms. The third kappa shape index (κ3) is 2.68. The lowest BCUT2D eigenvalue weighted by atomic mass is 10.1. The maximum absolute atomic E-state index is 9.69. The summed E-state index contributed by atoms with van der Waals surface area (Å²) in [4.78, 5) is 4.45. The van der Waals surface area contributed by atoms with Crippen LogP contribution in [0.3, 0.4) is 0 Å². The number of hydrogen-bond acceptors (Lipinski definition) is 4. The lowest BCUT2D eigenvalue weighted by Gasteiger charge is -2.18. The molecule has 1 atom stereocenters. The summed E-state index contributed by atoms with van der Waals surface area (Å²) in [5, 5.41) is 14.3. The first kappa shape index (κ1) is 14.2. The van der Waals surface area contributed by atoms with Gasteiger partial charge in [0.15, 0.2) is 11.5 Å². The first-order chi connectivity index (χ1) is 10.7. The maximum Gasteiger partial charge on any atom is 0.160 e. The topological polar surface area (TPSA) is 54.4 Å². The van der Waals surface area contributed by atoms with Crippen LogP contribution in [-0.2, 0) is 0 Å². The van der Waals surface area contributed by atoms with E-state index in [4.69, 9.17) is 4.74 Å². The highest BCUT2D eigenvalue weighted by molar-refractivity contribution is 5.90. The molecule has 0 aliphatic carbocycles. The molecular formula is C18H18N2O2. The standard InChI is InChI=1S/C18H18N2O2/c1-12(14-8-9-16(21)17(11-14)22-2)20-15-7-3-5-13-6-4-10-19-18(13)15/h3-12,20-21H,1-2H3. The number of pyridine rings is 1. The number of aromatic hydroxyl groups is 1. The number of methoxy groups -OCH3 is 1. The highest BCUT2D eigenvalue weighted by Crippen LogP contribution is 2.31. The summed E-state index contributed by atoms with van der Waals surface area (Å²) in [7, 11) is 1.55. The third-order valence-corrected chi connectivity index (χ3v) is 3.71. The van der Waals surface area contributed by atoms with Crippen LogP contribution < -0.4 is 10.1 Å². The summed E-state index contributed by atoms with van der Waals surface area (Å²) in [6.45, 7) is 2.06. The second-order valence-corrected chi connectivity index (χ2v) is 5.18. The number of phenolic OH excluding ortho intramolecular Hbond substituents is 1. The van der Waals surface area contributed by atoms with E-state index in [2.05, 4.69) is 17.2 Å². The Balaban J connectivity index is 1.91. The SMILES string of the molecule is COc1cc(C(C)Nc2cccc3cccnc23)ccc1O. The Morgan fingerprint density at radius 3 is 2.77 bits per heavy atom. The van der Waals surface area contributed by atoms with Crippen molar-refractivity contribution in [2.24, 2.45) is 0 Å². The predicted molar refractivity (Wildman–Crippen MR) is 88.4 cm³/mol. The van der Waals surface area contributed by atoms with Gasteiger partial charge >= 0.3 is 0 Å². The number of phenols is 1. The van der Waals surface area contributed by atoms with Gasteiger partial charge in [0.2, 0.25) is 0 Å². The number of nitrogens with one attached hydrogen (secondary N) is 1. The molecule has 0 amide bonds. The fourth-order valence-electron chi connectivity index (χ4n) is 2.50. The minimum absolute atomic E-state index is 0.0575. The lowest BCUT2D eigenvalue weighted by Crippen LogP contribution is -2.07. The molecule has 112 valence electrons. The Morgan fingerprint density at radius 2 is 1.95 bits per heavy atom. The number of benzene rings is 2. The van der Waals surface area contributed by atoms with Gasteiger partial charge in [-0.2, -0.15) is 0 Å². The minimum Gasteiger partial charge on any atom is -0.504 e. The highest BCUT2D eigenvalue weighted by Gasteiger charge is 2.11. The molecule has 0 aliphatic heterocycles. The molecular weight excluding hydrogens is 276 g/mol. The van der Waals surface area contributed by atoms with Crippen molar-refractivity contribution in [3.8, 4) is 11.5 Å². The van der Waals surface area contributed by atoms with Gasteiger partial charge in [0.1, 0.15) is 0 Å². The summed E-state index contributed by atoms with van der Waals surface area (Å²) >= 11 is 0. The molecule has 0 aliphatic rings. The Kier molecular flexibility index (Phi) is 3.83. The molecule has 0 bridgehead atoms. The summed E-state index contributed by atoms with van der Waals surface area (Å²) in [6.07, 6.45) is 1.79. The second-order valence-electron chi connectivity index (χ2n) is 5.18. The molecule has 2 aromatic carbocycles. The fourth-order valence-corrected chi connectivity index (χ4v) is 2.50. The Bertz CT molecular complexity index is 797. The van der Waals surface area contributed by atoms with Gasteiger partial charge in [0.05, 0.1) is 18.3 Å². The molecule has 1 aromatic heterocycles. The van der Waals surface area contributed by atoms with Gasteiger partial charge in [-0.1, -0.05) is 24.3 Å². The summed E-state index contributed by atoms with van der Waals surface area (Å²) in [6, 6.07) is 15.5. The summed E-state index contributed by atoms with van der Waals surface area (Å²) in [5.74, 6) is 0.618. The van der Waals surface area contributed by atoms with E-state index in [0.717, 1.165) is 22.2 Å². The number of ether oxygens (including phenoxy) is 1. The van der Waals surface area contributed by atoms with Crippen molar-refractivity contribution in [1.82, 2.24) is 4.98 Å². The van der Waals surface area contributed by atoms with Crippen molar-refractivity contribution < 1.29 is 9.84 Å². The highest BCUT2D eigenvalue weighted by atomic mass is 16.5. The number of anilines is 1. The van der Waals surface area contributed by atoms with E-state index in [0.29, 0.717) is 5.75 Å². The number of rotatable bonds is 4. The molecule has 1 unspecified atom stereocenters. The monoisotopic (exact) mass is 294 g/mol. The molecule has 0 spiro atoms. The van der Waals surface area contributed by atoms with Gasteiger partial charge in [-0.25, -0.2) is 0 Å². The zero-order valence-electron chi connectivity index (χ0n) is 12.6. The molecule has 1 heterocycles. The number of hydrogen-bond donors (Lipinski definition) is 2. The van der Waals surface area contributed by atoms with Gasteiger partial charge in [-0.15, -0.1) is 0 Å². The van der Waals surface area contributed by atoms with E-state index in [1.807, 2.05) is 42.5 Å². The van der Waals surface area contributed by atoms with Gasteiger partial charge in [-0.3, -0.25) is 4.98 Å². The van der Waals surface area contributed by atoms with E-state index < -0.39 is 0 Å². The van der Waals surface area contributed by atoms with Crippen LogP contribution in [-0.4, -0.2) is 17.2 Å². The van der Waals surface area contributed by atoms with Crippen molar-refractivity contribution in [1.29, 1.82) is 0 Å². The number of para-hydroxylation sites is 1. The average molecular weight is 294 g/mol. The van der Waals surface area contributed by atoms with Gasteiger partial charge < -0.3 is 15.2 Å². The second kappa shape index (κ2) is 5.93. The van der Waals surface area contributed by atoms with Crippen LogP contribution in [0, 0.1) is 0 Å². The largest absolute Gasteiger partial charge is 0.504 e. The van der Waals surface area contributed by atoms with Crippen LogP contribution in [0.25, 0.3) is 10.9 Å². The number of aromatic nitrogens is 1. The van der Waals surface area contributed by atoms with Crippen LogP contribution in [0.5, 0.6) is 11.5 Å². The van der Waals surface area contributed by atoms with Crippen LogP contribution in [0.15, 0.2) is 54.7 Å². The Morgan fingerprint density at radius 1 is 1.14 bits per heavy atom. The first-order valence-corrected chi connectivity index (χ1v) is 7.16. The zero-order chi connectivity index (χ0) is 15.5. The smallest absolute Gasteiger partial charge is 0.160 e. The van der Waals surface area contributed by atoms with E-state index in [9.17, 15) is 5.11 Å². The molecule has 4 heteroatoms. The molecule has 3 rings (SSSR count). The van der Waals surface area contributed by atoms with Gasteiger partial charge in [0, 0.05) is 17.6 Å². The van der Waals surface area contributed by atoms with Crippen LogP contribution in [0.1, 0.15) is 18.5 Å². The Labute approximate surface area is 129 Å². The van der Waals surface area contributed by atoms with Crippen molar-refractivity contribution in [3.63, 3.8) is 0 Å². The number of fused-ring (bicyclic) bond motifs is 1. The maximum atomic E-state index is 9.69. The summed E-state index contributed by atoms with van der Waals surface area (Å²) in [5.41, 5.74) is 2.96.